The van der Waals surface area contributed by atoms with Gasteiger partial charge < -0.3 is 4.74 Å². The number of hydrogen-bond acceptors (Lipinski definition) is 2. The van der Waals surface area contributed by atoms with Gasteiger partial charge in [-0.15, -0.1) is 0 Å². The molecule has 1 atom stereocenters. The van der Waals surface area contributed by atoms with Crippen molar-refractivity contribution >= 4 is 5.97 Å². The molecule has 1 heterocycles. The molecule has 0 aromatic heterocycles. The van der Waals surface area contributed by atoms with Crippen molar-refractivity contribution in [3.8, 4) is 0 Å². The van der Waals surface area contributed by atoms with E-state index in [1.165, 1.54) is 25.7 Å². The summed E-state index contributed by atoms with van der Waals surface area (Å²) in [6.07, 6.45) is 12.9. The molecule has 1 aliphatic rings. The summed E-state index contributed by atoms with van der Waals surface area (Å²) in [5.41, 5.74) is 0. The number of esters is 1. The maximum absolute atomic E-state index is 11.3. The van der Waals surface area contributed by atoms with Crippen LogP contribution in [-0.2, 0) is 9.53 Å². The molecule has 86 valence electrons. The molecule has 1 rings (SSSR count). The molecular formula is C13H22O2. The smallest absolute Gasteiger partial charge is 0.306 e. The summed E-state index contributed by atoms with van der Waals surface area (Å²) >= 11 is 0. The van der Waals surface area contributed by atoms with Crippen LogP contribution in [-0.4, -0.2) is 12.1 Å². The molecular weight excluding hydrogens is 188 g/mol. The number of ether oxygens (including phenoxy) is 1. The van der Waals surface area contributed by atoms with Crippen LogP contribution in [0.25, 0.3) is 0 Å². The van der Waals surface area contributed by atoms with Crippen LogP contribution in [0, 0.1) is 0 Å². The summed E-state index contributed by atoms with van der Waals surface area (Å²) in [6, 6.07) is 0. The minimum atomic E-state index is -0.0323. The largest absolute Gasteiger partial charge is 0.462 e. The van der Waals surface area contributed by atoms with E-state index in [4.69, 9.17) is 4.74 Å². The Hall–Kier alpha value is -0.790. The summed E-state index contributed by atoms with van der Waals surface area (Å²) in [5, 5.41) is 0. The molecule has 0 amide bonds. The zero-order valence-electron chi connectivity index (χ0n) is 9.71. The Bertz CT molecular complexity index is 209. The lowest BCUT2D eigenvalue weighted by Crippen LogP contribution is -2.13. The molecule has 0 radical (unpaired) electrons. The standard InChI is InChI=1S/C13H22O2/c1-12-10-8-6-4-2-3-5-7-9-11-13(14)15-12/h6,8,12H,2-5,7,9-11H2,1H3/b8-6-/t12-/m1/s1. The van der Waals surface area contributed by atoms with E-state index in [2.05, 4.69) is 12.2 Å². The van der Waals surface area contributed by atoms with Gasteiger partial charge >= 0.3 is 5.97 Å². The van der Waals surface area contributed by atoms with E-state index in [0.29, 0.717) is 6.42 Å². The number of rotatable bonds is 0. The predicted molar refractivity (Wildman–Crippen MR) is 61.6 cm³/mol. The average Bonchev–Trinajstić information content (AvgIpc) is 2.21. The summed E-state index contributed by atoms with van der Waals surface area (Å²) in [7, 11) is 0. The van der Waals surface area contributed by atoms with E-state index in [1.807, 2.05) is 6.92 Å². The van der Waals surface area contributed by atoms with E-state index in [9.17, 15) is 4.79 Å². The van der Waals surface area contributed by atoms with Gasteiger partial charge in [-0.25, -0.2) is 0 Å². The predicted octanol–water partition coefficient (Wildman–Crippen LogP) is 3.61. The van der Waals surface area contributed by atoms with Gasteiger partial charge in [0.25, 0.3) is 0 Å². The van der Waals surface area contributed by atoms with Crippen molar-refractivity contribution in [3.63, 3.8) is 0 Å². The number of carbonyl (C=O) groups is 1. The second-order valence-corrected chi connectivity index (χ2v) is 4.31. The molecule has 0 N–H and O–H groups in total. The quantitative estimate of drug-likeness (QED) is 0.451. The van der Waals surface area contributed by atoms with E-state index in [1.54, 1.807) is 0 Å². The first-order valence-electron chi connectivity index (χ1n) is 6.13. The fraction of sp³-hybridized carbons (Fsp3) is 0.769. The molecule has 0 aromatic rings. The Morgan fingerprint density at radius 2 is 1.87 bits per heavy atom. The third kappa shape index (κ3) is 6.32. The zero-order valence-corrected chi connectivity index (χ0v) is 9.71. The topological polar surface area (TPSA) is 26.3 Å². The Morgan fingerprint density at radius 1 is 1.13 bits per heavy atom. The van der Waals surface area contributed by atoms with E-state index in [-0.39, 0.29) is 12.1 Å². The highest BCUT2D eigenvalue weighted by Crippen LogP contribution is 2.11. The number of cyclic esters (lactones) is 1. The Balaban J connectivity index is 2.34. The average molecular weight is 210 g/mol. The van der Waals surface area contributed by atoms with Crippen molar-refractivity contribution < 1.29 is 9.53 Å². The lowest BCUT2D eigenvalue weighted by molar-refractivity contribution is -0.148. The van der Waals surface area contributed by atoms with Crippen molar-refractivity contribution in [2.24, 2.45) is 0 Å². The maximum Gasteiger partial charge on any atom is 0.306 e. The molecule has 0 aliphatic carbocycles. The van der Waals surface area contributed by atoms with Crippen molar-refractivity contribution in [3.05, 3.63) is 12.2 Å². The van der Waals surface area contributed by atoms with E-state index >= 15 is 0 Å². The molecule has 0 aromatic carbocycles. The minimum absolute atomic E-state index is 0.0323. The molecule has 2 heteroatoms. The molecule has 0 saturated heterocycles. The SMILES string of the molecule is C[C@@H]1C/C=C\CCCCCCCC(=O)O1. The number of carbonyl (C=O) groups excluding carboxylic acids is 1. The van der Waals surface area contributed by atoms with Gasteiger partial charge in [-0.1, -0.05) is 31.4 Å². The van der Waals surface area contributed by atoms with Crippen molar-refractivity contribution in [1.82, 2.24) is 0 Å². The van der Waals surface area contributed by atoms with Crippen LogP contribution in [0.1, 0.15) is 58.3 Å². The van der Waals surface area contributed by atoms with E-state index < -0.39 is 0 Å². The summed E-state index contributed by atoms with van der Waals surface area (Å²) in [6.45, 7) is 1.96. The Kier molecular flexibility index (Phi) is 6.14. The second kappa shape index (κ2) is 7.49. The van der Waals surface area contributed by atoms with Gasteiger partial charge in [0, 0.05) is 12.8 Å². The Morgan fingerprint density at radius 3 is 2.73 bits per heavy atom. The first-order chi connectivity index (χ1) is 7.29. The van der Waals surface area contributed by atoms with Gasteiger partial charge in [-0.05, 0) is 26.2 Å². The maximum atomic E-state index is 11.3. The van der Waals surface area contributed by atoms with Crippen molar-refractivity contribution in [2.75, 3.05) is 0 Å². The van der Waals surface area contributed by atoms with Gasteiger partial charge in [-0.2, -0.15) is 0 Å². The normalized spacial score (nSPS) is 28.1. The summed E-state index contributed by atoms with van der Waals surface area (Å²) in [4.78, 5) is 11.3. The highest BCUT2D eigenvalue weighted by Gasteiger charge is 2.07. The number of hydrogen-bond donors (Lipinski definition) is 0. The molecule has 1 aliphatic heterocycles. The van der Waals surface area contributed by atoms with Crippen LogP contribution in [0.15, 0.2) is 12.2 Å². The van der Waals surface area contributed by atoms with Gasteiger partial charge in [0.1, 0.15) is 6.10 Å². The third-order valence-electron chi connectivity index (χ3n) is 2.72. The van der Waals surface area contributed by atoms with Crippen molar-refractivity contribution in [1.29, 1.82) is 0 Å². The zero-order chi connectivity index (χ0) is 10.9. The van der Waals surface area contributed by atoms with Gasteiger partial charge in [0.15, 0.2) is 0 Å². The summed E-state index contributed by atoms with van der Waals surface area (Å²) in [5.74, 6) is -0.0323. The van der Waals surface area contributed by atoms with Crippen LogP contribution in [0.2, 0.25) is 0 Å². The van der Waals surface area contributed by atoms with Crippen LogP contribution < -0.4 is 0 Å². The highest BCUT2D eigenvalue weighted by molar-refractivity contribution is 5.69. The fourth-order valence-electron chi connectivity index (χ4n) is 1.80. The number of allylic oxidation sites excluding steroid dienone is 1. The molecule has 15 heavy (non-hydrogen) atoms. The van der Waals surface area contributed by atoms with Gasteiger partial charge in [0.05, 0.1) is 0 Å². The molecule has 0 bridgehead atoms. The van der Waals surface area contributed by atoms with Crippen LogP contribution in [0.4, 0.5) is 0 Å². The molecule has 0 saturated carbocycles. The fourth-order valence-corrected chi connectivity index (χ4v) is 1.80. The van der Waals surface area contributed by atoms with E-state index in [0.717, 1.165) is 19.3 Å². The molecule has 2 nitrogen and oxygen atoms in total. The molecule has 0 unspecified atom stereocenters. The molecule has 0 spiro atoms. The van der Waals surface area contributed by atoms with Crippen molar-refractivity contribution in [2.45, 2.75) is 64.4 Å². The van der Waals surface area contributed by atoms with Crippen LogP contribution in [0.5, 0.6) is 0 Å². The van der Waals surface area contributed by atoms with Gasteiger partial charge in [0.2, 0.25) is 0 Å². The minimum Gasteiger partial charge on any atom is -0.462 e. The highest BCUT2D eigenvalue weighted by atomic mass is 16.5. The first kappa shape index (κ1) is 12.3. The van der Waals surface area contributed by atoms with Gasteiger partial charge in [-0.3, -0.25) is 4.79 Å². The summed E-state index contributed by atoms with van der Waals surface area (Å²) < 4.78 is 5.27. The molecule has 0 fully saturated rings. The Labute approximate surface area is 92.7 Å². The first-order valence-corrected chi connectivity index (χ1v) is 6.13. The lowest BCUT2D eigenvalue weighted by Gasteiger charge is -2.10. The second-order valence-electron chi connectivity index (χ2n) is 4.31. The lowest BCUT2D eigenvalue weighted by atomic mass is 10.1. The monoisotopic (exact) mass is 210 g/mol. The van der Waals surface area contributed by atoms with Crippen LogP contribution in [0.3, 0.4) is 0 Å². The van der Waals surface area contributed by atoms with Crippen LogP contribution >= 0.6 is 0 Å². The third-order valence-corrected chi connectivity index (χ3v) is 2.72.